The van der Waals surface area contributed by atoms with E-state index in [0.29, 0.717) is 36.0 Å². The highest BCUT2D eigenvalue weighted by Crippen LogP contribution is 2.50. The van der Waals surface area contributed by atoms with E-state index in [0.717, 1.165) is 54.3 Å². The Morgan fingerprint density at radius 1 is 0.259 bits per heavy atom. The van der Waals surface area contributed by atoms with E-state index in [-0.39, 0.29) is 91.8 Å². The van der Waals surface area contributed by atoms with Crippen molar-refractivity contribution < 1.29 is 28.7 Å². The van der Waals surface area contributed by atoms with E-state index >= 15 is 0 Å². The lowest BCUT2D eigenvalue weighted by Crippen LogP contribution is -2.42. The van der Waals surface area contributed by atoms with Gasteiger partial charge in [-0.05, 0) is 159 Å². The lowest BCUT2D eigenvalue weighted by atomic mass is 9.64. The first-order valence-corrected chi connectivity index (χ1v) is 39.2. The summed E-state index contributed by atoms with van der Waals surface area (Å²) < 4.78 is 16.1. The zero-order valence-corrected chi connectivity index (χ0v) is 68.2. The van der Waals surface area contributed by atoms with Crippen molar-refractivity contribution in [2.75, 3.05) is 13.2 Å². The van der Waals surface area contributed by atoms with Crippen LogP contribution in [0, 0.1) is 0 Å². The number of rotatable bonds is 20. The Morgan fingerprint density at radius 3 is 0.643 bits per heavy atom. The number of hydrogen-bond acceptors (Lipinski definition) is 10. The summed E-state index contributed by atoms with van der Waals surface area (Å²) in [6.45, 7) is 41.3. The molecule has 0 N–H and O–H groups in total. The number of benzene rings is 10. The van der Waals surface area contributed by atoms with Crippen LogP contribution in [0.15, 0.2) is 231 Å². The Bertz CT molecular complexity index is 4800. The molecule has 2 aliphatic rings. The van der Waals surface area contributed by atoms with E-state index < -0.39 is 34.5 Å². The van der Waals surface area contributed by atoms with Crippen molar-refractivity contribution in [3.63, 3.8) is 0 Å². The molecule has 14 rings (SSSR count). The zero-order valence-electron chi connectivity index (χ0n) is 68.2. The predicted octanol–water partition coefficient (Wildman–Crippen LogP) is 20.3. The fourth-order valence-corrected chi connectivity index (χ4v) is 16.1. The maximum absolute atomic E-state index is 14.5. The molecule has 2 aliphatic heterocycles. The number of hydrogen-bond donors (Lipinski definition) is 0. The molecule has 4 heterocycles. The molecule has 112 heavy (non-hydrogen) atoms. The van der Waals surface area contributed by atoms with Crippen LogP contribution in [0.25, 0.3) is 10.8 Å². The molecule has 12 aromatic rings. The van der Waals surface area contributed by atoms with E-state index in [2.05, 4.69) is 315 Å². The second-order valence-corrected chi connectivity index (χ2v) is 36.6. The zero-order chi connectivity index (χ0) is 79.8. The molecule has 14 heteroatoms. The van der Waals surface area contributed by atoms with Crippen molar-refractivity contribution in [1.29, 1.82) is 0 Å². The van der Waals surface area contributed by atoms with Gasteiger partial charge in [0, 0.05) is 33.0 Å². The topological polar surface area (TPSA) is 155 Å². The standard InChI is InChI=1S/C98H104N8O6/c1-91(2,3)63-19-31-69(32-20-63)97(70-33-21-64(22-34-70)92(4,5)6,71-35-23-65(24-36-71)93(7,8)9)75-43-47-79(48-44-75)111-57-55-103-59-77(99-101-103)61-105-87(107)81-51-53-83-86-84(54-52-82(85(81)86)88(105)108)90(110)106(89(83)109)62-78-60-104(102-100-78)56-58-112-80-49-45-76(46-50-80)98(72-37-25-66(26-38-72)94(10,11)12,73-39-27-67(28-40-73)95(13,14)15)74-41-29-68(30-42-74)96(16,17)18/h19-54,59-60H,55-58,61-62H2,1-18H3. The molecule has 0 bridgehead atoms. The van der Waals surface area contributed by atoms with E-state index in [1.807, 2.05) is 24.3 Å². The highest BCUT2D eigenvalue weighted by Gasteiger charge is 2.44. The second kappa shape index (κ2) is 29.1. The summed E-state index contributed by atoms with van der Waals surface area (Å²) >= 11 is 0. The molecular weight excluding hydrogens is 1390 g/mol. The number of ether oxygens (including phenoxy) is 2. The van der Waals surface area contributed by atoms with Crippen molar-refractivity contribution in [1.82, 2.24) is 39.8 Å². The minimum absolute atomic E-state index is 0.0254. The smallest absolute Gasteiger partial charge is 0.261 e. The first-order chi connectivity index (χ1) is 52.9. The Hall–Kier alpha value is -11.4. The minimum atomic E-state index is -0.684. The van der Waals surface area contributed by atoms with Gasteiger partial charge in [-0.15, -0.1) is 10.2 Å². The summed E-state index contributed by atoms with van der Waals surface area (Å²) in [5, 5.41) is 18.0. The molecule has 0 saturated heterocycles. The third-order valence-corrected chi connectivity index (χ3v) is 22.7. The van der Waals surface area contributed by atoms with Crippen LogP contribution in [-0.2, 0) is 69.5 Å². The monoisotopic (exact) mass is 1490 g/mol. The van der Waals surface area contributed by atoms with Gasteiger partial charge in [0.1, 0.15) is 36.1 Å². The SMILES string of the molecule is CC(C)(C)c1ccc(C(c2ccc(OCCn3cc(CN4C(=O)c5ccc6c7c(ccc(c57)C4=O)C(=O)N(Cc4cn(CCOc5ccc(C(c7ccc(C(C)(C)C)cc7)(c7ccc(C(C)(C)C)cc7)c7ccc(C(C)(C)C)cc7)cc5)nn4)C6=O)nn3)cc2)(c2ccc(C(C)(C)C)cc2)c2ccc(C(C)(C)C)cc2)cc1. The van der Waals surface area contributed by atoms with Crippen LogP contribution in [0.3, 0.4) is 0 Å². The van der Waals surface area contributed by atoms with Gasteiger partial charge >= 0.3 is 0 Å². The number of nitrogens with zero attached hydrogens (tertiary/aromatic N) is 8. The fraction of sp³-hybridized carbons (Fsp3) is 0.327. The number of imide groups is 2. The maximum atomic E-state index is 14.5. The van der Waals surface area contributed by atoms with E-state index in [9.17, 15) is 19.2 Å². The van der Waals surface area contributed by atoms with Gasteiger partial charge in [-0.3, -0.25) is 29.0 Å². The van der Waals surface area contributed by atoms with Gasteiger partial charge in [-0.1, -0.05) is 305 Å². The molecular formula is C98H104N8O6. The largest absolute Gasteiger partial charge is 0.492 e. The normalized spacial score (nSPS) is 13.9. The number of carbonyl (C=O) groups excluding carboxylic acids is 4. The van der Waals surface area contributed by atoms with Crippen LogP contribution in [0.2, 0.25) is 0 Å². The molecule has 2 aromatic heterocycles. The Balaban J connectivity index is 0.633. The summed E-state index contributed by atoms with van der Waals surface area (Å²) in [5.74, 6) is -0.940. The first kappa shape index (κ1) is 77.4. The average molecular weight is 1490 g/mol. The molecule has 0 aliphatic carbocycles. The minimum Gasteiger partial charge on any atom is -0.492 e. The van der Waals surface area contributed by atoms with Crippen LogP contribution < -0.4 is 9.47 Å². The van der Waals surface area contributed by atoms with Gasteiger partial charge in [0.05, 0.1) is 49.4 Å². The van der Waals surface area contributed by atoms with Crippen molar-refractivity contribution >= 4 is 34.4 Å². The third kappa shape index (κ3) is 14.7. The lowest BCUT2D eigenvalue weighted by molar-refractivity contribution is 0.0575. The summed E-state index contributed by atoms with van der Waals surface area (Å²) in [6, 6.07) is 77.8. The van der Waals surface area contributed by atoms with Crippen LogP contribution in [0.4, 0.5) is 0 Å². The van der Waals surface area contributed by atoms with Gasteiger partial charge < -0.3 is 9.47 Å². The Labute approximate surface area is 660 Å². The summed E-state index contributed by atoms with van der Waals surface area (Å²) in [5.41, 5.74) is 16.7. The molecule has 0 spiro atoms. The van der Waals surface area contributed by atoms with Crippen molar-refractivity contribution in [3.8, 4) is 11.5 Å². The van der Waals surface area contributed by atoms with Crippen LogP contribution in [0.5, 0.6) is 11.5 Å². The summed E-state index contributed by atoms with van der Waals surface area (Å²) in [6.07, 6.45) is 3.41. The predicted molar refractivity (Wildman–Crippen MR) is 445 cm³/mol. The molecule has 10 aromatic carbocycles. The van der Waals surface area contributed by atoms with Crippen LogP contribution in [0.1, 0.15) is 255 Å². The maximum Gasteiger partial charge on any atom is 0.261 e. The second-order valence-electron chi connectivity index (χ2n) is 36.6. The van der Waals surface area contributed by atoms with Crippen molar-refractivity contribution in [3.05, 3.63) is 342 Å². The van der Waals surface area contributed by atoms with Gasteiger partial charge in [0.25, 0.3) is 23.6 Å². The van der Waals surface area contributed by atoms with Crippen LogP contribution >= 0.6 is 0 Å². The molecule has 0 saturated carbocycles. The van der Waals surface area contributed by atoms with E-state index in [1.54, 1.807) is 46.0 Å². The molecule has 4 amide bonds. The van der Waals surface area contributed by atoms with Gasteiger partial charge in [-0.2, -0.15) is 0 Å². The molecule has 0 fully saturated rings. The quantitative estimate of drug-likeness (QED) is 0.0532. The lowest BCUT2D eigenvalue weighted by Gasteiger charge is -2.38. The molecule has 0 unspecified atom stereocenters. The molecule has 0 radical (unpaired) electrons. The highest BCUT2D eigenvalue weighted by molar-refractivity contribution is 6.33. The Morgan fingerprint density at radius 2 is 0.446 bits per heavy atom. The third-order valence-electron chi connectivity index (χ3n) is 22.7. The molecule has 0 atom stereocenters. The van der Waals surface area contributed by atoms with Crippen LogP contribution in [-0.4, -0.2) is 76.6 Å². The summed E-state index contributed by atoms with van der Waals surface area (Å²) in [4.78, 5) is 60.3. The van der Waals surface area contributed by atoms with Gasteiger partial charge in [0.2, 0.25) is 0 Å². The fourth-order valence-electron chi connectivity index (χ4n) is 16.1. The Kier molecular flexibility index (Phi) is 20.1. The first-order valence-electron chi connectivity index (χ1n) is 39.2. The highest BCUT2D eigenvalue weighted by atomic mass is 16.5. The van der Waals surface area contributed by atoms with E-state index in [1.165, 1.54) is 33.4 Å². The molecule has 14 nitrogen and oxygen atoms in total. The number of amides is 4. The van der Waals surface area contributed by atoms with Crippen molar-refractivity contribution in [2.45, 2.75) is 194 Å². The molecule has 572 valence electrons. The average Bonchev–Trinajstić information content (AvgIpc) is 0.884. The van der Waals surface area contributed by atoms with Gasteiger partial charge in [0.15, 0.2) is 0 Å². The van der Waals surface area contributed by atoms with Crippen molar-refractivity contribution in [2.24, 2.45) is 0 Å². The van der Waals surface area contributed by atoms with E-state index in [4.69, 9.17) is 9.47 Å². The number of aromatic nitrogens is 6. The van der Waals surface area contributed by atoms with Gasteiger partial charge in [-0.25, -0.2) is 9.36 Å². The number of carbonyl (C=O) groups is 4. The summed E-state index contributed by atoms with van der Waals surface area (Å²) in [7, 11) is 0.